The number of carbonyl (C=O) groups is 1. The van der Waals surface area contributed by atoms with Gasteiger partial charge in [0.1, 0.15) is 11.6 Å². The highest BCUT2D eigenvalue weighted by molar-refractivity contribution is 5.97. The Balaban J connectivity index is 1.48. The molecule has 9 nitrogen and oxygen atoms in total. The van der Waals surface area contributed by atoms with Crippen molar-refractivity contribution in [1.29, 1.82) is 0 Å². The molecule has 2 saturated heterocycles. The number of carbonyl (C=O) groups excluding carboxylic acids is 1. The number of anilines is 2. The second kappa shape index (κ2) is 9.34. The van der Waals surface area contributed by atoms with Crippen molar-refractivity contribution in [3.63, 3.8) is 0 Å². The first-order valence-electron chi connectivity index (χ1n) is 12.4. The maximum atomic E-state index is 15.7. The Morgan fingerprint density at radius 2 is 2.00 bits per heavy atom. The average molecular weight is 490 g/mol. The predicted octanol–water partition coefficient (Wildman–Crippen LogP) is 4.08. The molecule has 6 rings (SSSR count). The first kappa shape index (κ1) is 22.7. The normalized spacial score (nSPS) is 19.2. The lowest BCUT2D eigenvalue weighted by molar-refractivity contribution is -0.118. The zero-order chi connectivity index (χ0) is 24.6. The fourth-order valence-corrected chi connectivity index (χ4v) is 5.11. The summed E-state index contributed by atoms with van der Waals surface area (Å²) in [5.41, 5.74) is 2.33. The summed E-state index contributed by atoms with van der Waals surface area (Å²) in [6.07, 6.45) is 6.74. The van der Waals surface area contributed by atoms with E-state index in [2.05, 4.69) is 27.1 Å². The molecule has 5 heterocycles. The smallest absolute Gasteiger partial charge is 0.226 e. The summed E-state index contributed by atoms with van der Waals surface area (Å²) in [4.78, 5) is 21.4. The van der Waals surface area contributed by atoms with E-state index in [1.54, 1.807) is 28.0 Å². The number of hydrogen-bond donors (Lipinski definition) is 1. The van der Waals surface area contributed by atoms with E-state index in [-0.39, 0.29) is 17.8 Å². The number of morpholine rings is 1. The van der Waals surface area contributed by atoms with Crippen molar-refractivity contribution in [3.05, 3.63) is 48.5 Å². The fraction of sp³-hybridized carbons (Fsp3) is 0.385. The highest BCUT2D eigenvalue weighted by atomic mass is 19.1. The Hall–Kier alpha value is -3.79. The second-order valence-corrected chi connectivity index (χ2v) is 9.39. The summed E-state index contributed by atoms with van der Waals surface area (Å²) < 4.78 is 23.0. The number of H-pyrrole nitrogens is 1. The van der Waals surface area contributed by atoms with Crippen molar-refractivity contribution >= 4 is 28.4 Å². The highest BCUT2D eigenvalue weighted by Gasteiger charge is 2.25. The number of aromatic nitrogens is 5. The van der Waals surface area contributed by atoms with Crippen LogP contribution >= 0.6 is 0 Å². The lowest BCUT2D eigenvalue weighted by Gasteiger charge is -2.34. The second-order valence-electron chi connectivity index (χ2n) is 9.39. The van der Waals surface area contributed by atoms with Gasteiger partial charge in [0.25, 0.3) is 0 Å². The third-order valence-corrected chi connectivity index (χ3v) is 7.02. The van der Waals surface area contributed by atoms with E-state index < -0.39 is 0 Å². The number of nitrogens with zero attached hydrogens (tertiary/aromatic N) is 6. The van der Waals surface area contributed by atoms with Crippen LogP contribution < -0.4 is 9.80 Å². The number of halogens is 1. The number of benzene rings is 1. The van der Waals surface area contributed by atoms with Gasteiger partial charge in [-0.05, 0) is 44.0 Å². The summed E-state index contributed by atoms with van der Waals surface area (Å²) in [5.74, 6) is 1.00. The lowest BCUT2D eigenvalue weighted by atomic mass is 10.0. The summed E-state index contributed by atoms with van der Waals surface area (Å²) in [5, 5.41) is 12.3. The van der Waals surface area contributed by atoms with E-state index in [1.807, 2.05) is 18.2 Å². The van der Waals surface area contributed by atoms with Gasteiger partial charge in [-0.15, -0.1) is 0 Å². The number of rotatable bonds is 4. The minimum atomic E-state index is -0.384. The highest BCUT2D eigenvalue weighted by Crippen LogP contribution is 2.36. The van der Waals surface area contributed by atoms with Gasteiger partial charge in [0.15, 0.2) is 11.5 Å². The van der Waals surface area contributed by atoms with Crippen molar-refractivity contribution in [3.8, 4) is 16.9 Å². The third-order valence-electron chi connectivity index (χ3n) is 7.02. The maximum absolute atomic E-state index is 15.7. The van der Waals surface area contributed by atoms with Crippen molar-refractivity contribution in [2.45, 2.75) is 38.6 Å². The summed E-state index contributed by atoms with van der Waals surface area (Å²) in [7, 11) is 0. The number of fused-ring (bicyclic) bond motifs is 1. The van der Waals surface area contributed by atoms with E-state index >= 15 is 4.39 Å². The van der Waals surface area contributed by atoms with Gasteiger partial charge in [-0.25, -0.2) is 9.37 Å². The number of amides is 1. The van der Waals surface area contributed by atoms with Gasteiger partial charge in [-0.3, -0.25) is 9.89 Å². The number of aromatic amines is 1. The van der Waals surface area contributed by atoms with Crippen molar-refractivity contribution in [2.75, 3.05) is 36.1 Å². The van der Waals surface area contributed by atoms with Crippen LogP contribution in [0.4, 0.5) is 15.9 Å². The van der Waals surface area contributed by atoms with Gasteiger partial charge >= 0.3 is 0 Å². The van der Waals surface area contributed by atoms with Gasteiger partial charge < -0.3 is 14.5 Å². The lowest BCUT2D eigenvalue weighted by Crippen LogP contribution is -2.44. The van der Waals surface area contributed by atoms with E-state index in [0.29, 0.717) is 61.0 Å². The fourth-order valence-electron chi connectivity index (χ4n) is 5.11. The Morgan fingerprint density at radius 1 is 1.08 bits per heavy atom. The maximum Gasteiger partial charge on any atom is 0.226 e. The Kier molecular flexibility index (Phi) is 5.88. The summed E-state index contributed by atoms with van der Waals surface area (Å²) in [6.45, 7) is 4.59. The van der Waals surface area contributed by atoms with Gasteiger partial charge in [-0.1, -0.05) is 6.42 Å². The molecule has 4 aromatic rings. The Bertz CT molecular complexity index is 1400. The van der Waals surface area contributed by atoms with Crippen molar-refractivity contribution in [2.24, 2.45) is 0 Å². The van der Waals surface area contributed by atoms with E-state index in [1.165, 1.54) is 6.07 Å². The molecular formula is C26H28FN7O2. The first-order chi connectivity index (χ1) is 17.6. The van der Waals surface area contributed by atoms with E-state index in [4.69, 9.17) is 9.72 Å². The molecule has 3 aromatic heterocycles. The molecule has 1 atom stereocenters. The molecule has 0 unspecified atom stereocenters. The van der Waals surface area contributed by atoms with Crippen LogP contribution in [-0.4, -0.2) is 63.2 Å². The van der Waals surface area contributed by atoms with Crippen molar-refractivity contribution in [1.82, 2.24) is 25.0 Å². The topological polar surface area (TPSA) is 92.2 Å². The molecule has 2 aliphatic rings. The Labute approximate surface area is 207 Å². The van der Waals surface area contributed by atoms with E-state index in [9.17, 15) is 4.79 Å². The van der Waals surface area contributed by atoms with Gasteiger partial charge in [0.05, 0.1) is 25.5 Å². The first-order valence-corrected chi connectivity index (χ1v) is 12.4. The van der Waals surface area contributed by atoms with Gasteiger partial charge in [0, 0.05) is 54.0 Å². The quantitative estimate of drug-likeness (QED) is 0.464. The van der Waals surface area contributed by atoms with Gasteiger partial charge in [-0.2, -0.15) is 14.9 Å². The molecule has 10 heteroatoms. The molecule has 1 N–H and O–H groups in total. The number of ether oxygens (including phenoxy) is 1. The Morgan fingerprint density at radius 3 is 2.81 bits per heavy atom. The standard InChI is InChI=1S/C26H28FN7O2/c1-17-16-36-12-11-32(17)24-14-20(21-15-29-34(26(21)30-24)23-8-9-28-31-23)19-7-6-18(13-22(19)27)33-10-4-2-3-5-25(33)35/h6-9,13-15,17H,2-5,10-12,16H2,1H3,(H,28,31)/t17-/m1/s1. The average Bonchev–Trinajstić information content (AvgIpc) is 3.51. The molecular weight excluding hydrogens is 461 g/mol. The molecule has 0 bridgehead atoms. The van der Waals surface area contributed by atoms with Crippen LogP contribution in [0.3, 0.4) is 0 Å². The number of hydrogen-bond acceptors (Lipinski definition) is 6. The molecule has 2 aliphatic heterocycles. The van der Waals surface area contributed by atoms with Crippen LogP contribution in [0.1, 0.15) is 32.6 Å². The summed E-state index contributed by atoms with van der Waals surface area (Å²) in [6, 6.07) is 8.93. The van der Waals surface area contributed by atoms with Crippen LogP contribution in [0, 0.1) is 5.82 Å². The van der Waals surface area contributed by atoms with Gasteiger partial charge in [0.2, 0.25) is 5.91 Å². The number of nitrogens with one attached hydrogen (secondary N) is 1. The molecule has 0 aliphatic carbocycles. The summed E-state index contributed by atoms with van der Waals surface area (Å²) >= 11 is 0. The predicted molar refractivity (Wildman–Crippen MR) is 135 cm³/mol. The molecule has 186 valence electrons. The third kappa shape index (κ3) is 4.01. The monoisotopic (exact) mass is 489 g/mol. The van der Waals surface area contributed by atoms with Crippen LogP contribution in [-0.2, 0) is 9.53 Å². The zero-order valence-electron chi connectivity index (χ0n) is 20.2. The van der Waals surface area contributed by atoms with Crippen LogP contribution in [0.25, 0.3) is 28.0 Å². The largest absolute Gasteiger partial charge is 0.377 e. The minimum absolute atomic E-state index is 0.0508. The molecule has 0 spiro atoms. The molecule has 1 amide bonds. The minimum Gasteiger partial charge on any atom is -0.377 e. The van der Waals surface area contributed by atoms with E-state index in [0.717, 1.165) is 30.5 Å². The molecule has 1 aromatic carbocycles. The SMILES string of the molecule is C[C@@H]1COCCN1c1cc(-c2ccc(N3CCCCCC3=O)cc2F)c2cnn(-c3cc[nH]n3)c2n1. The zero-order valence-corrected chi connectivity index (χ0v) is 20.2. The molecule has 0 radical (unpaired) electrons. The van der Waals surface area contributed by atoms with Crippen LogP contribution in [0.5, 0.6) is 0 Å². The molecule has 2 fully saturated rings. The molecule has 0 saturated carbocycles. The number of pyridine rings is 1. The van der Waals surface area contributed by atoms with Crippen LogP contribution in [0.15, 0.2) is 42.7 Å². The molecule has 36 heavy (non-hydrogen) atoms. The van der Waals surface area contributed by atoms with Crippen LogP contribution in [0.2, 0.25) is 0 Å². The van der Waals surface area contributed by atoms with Crippen molar-refractivity contribution < 1.29 is 13.9 Å².